The first kappa shape index (κ1) is 9.23. The van der Waals surface area contributed by atoms with E-state index >= 15 is 0 Å². The third-order valence-electron chi connectivity index (χ3n) is 1.34. The van der Waals surface area contributed by atoms with Crippen molar-refractivity contribution in [3.8, 4) is 0 Å². The number of nitrogens with one attached hydrogen (secondary N) is 1. The molecular formula is C6H16N4. The maximum Gasteiger partial charge on any atom is 0.207 e. The summed E-state index contributed by atoms with van der Waals surface area (Å²) < 4.78 is 0. The molecule has 4 heteroatoms. The second-order valence-electron chi connectivity index (χ2n) is 2.17. The minimum absolute atomic E-state index is 0.852. The number of hydrogen-bond donors (Lipinski definition) is 1. The van der Waals surface area contributed by atoms with Crippen LogP contribution in [0, 0.1) is 0 Å². The highest BCUT2D eigenvalue weighted by Gasteiger charge is 2.03. The van der Waals surface area contributed by atoms with Crippen LogP contribution in [0.4, 0.5) is 0 Å². The molecule has 0 radical (unpaired) electrons. The molecule has 0 spiro atoms. The fraction of sp³-hybridized carbons (Fsp3) is 0.833. The van der Waals surface area contributed by atoms with Gasteiger partial charge in [0.05, 0.1) is 0 Å². The number of guanidine groups is 1. The standard InChI is InChI=1S/C6H16N4/c1-7-6(8-2)10(5)9(3)4/h1-5H3,(H,7,8). The molecule has 0 saturated carbocycles. The predicted octanol–water partition coefficient (Wildman–Crippen LogP) is -0.400. The molecule has 0 heterocycles. The van der Waals surface area contributed by atoms with Crippen molar-refractivity contribution >= 4 is 5.96 Å². The SMILES string of the molecule is CN=C(NC)N(C)N(C)C. The van der Waals surface area contributed by atoms with Crippen molar-refractivity contribution in [1.82, 2.24) is 15.3 Å². The van der Waals surface area contributed by atoms with Crippen LogP contribution in [0.25, 0.3) is 0 Å². The Labute approximate surface area is 62.5 Å². The highest BCUT2D eigenvalue weighted by atomic mass is 15.6. The van der Waals surface area contributed by atoms with Crippen LogP contribution in [-0.2, 0) is 0 Å². The van der Waals surface area contributed by atoms with Gasteiger partial charge in [0.2, 0.25) is 5.96 Å². The third-order valence-corrected chi connectivity index (χ3v) is 1.34. The van der Waals surface area contributed by atoms with Crippen LogP contribution in [0.5, 0.6) is 0 Å². The predicted molar refractivity (Wildman–Crippen MR) is 43.9 cm³/mol. The maximum atomic E-state index is 4.02. The number of hydrogen-bond acceptors (Lipinski definition) is 2. The highest BCUT2D eigenvalue weighted by Crippen LogP contribution is 1.85. The molecule has 0 aromatic carbocycles. The lowest BCUT2D eigenvalue weighted by Crippen LogP contribution is -2.44. The average molecular weight is 144 g/mol. The van der Waals surface area contributed by atoms with Crippen molar-refractivity contribution in [2.75, 3.05) is 35.2 Å². The first-order valence-corrected chi connectivity index (χ1v) is 3.19. The van der Waals surface area contributed by atoms with Crippen LogP contribution in [-0.4, -0.2) is 51.2 Å². The van der Waals surface area contributed by atoms with Gasteiger partial charge in [-0.2, -0.15) is 0 Å². The van der Waals surface area contributed by atoms with Gasteiger partial charge in [-0.15, -0.1) is 0 Å². The molecule has 0 aliphatic rings. The Morgan fingerprint density at radius 3 is 1.90 bits per heavy atom. The monoisotopic (exact) mass is 144 g/mol. The van der Waals surface area contributed by atoms with Gasteiger partial charge < -0.3 is 5.32 Å². The van der Waals surface area contributed by atoms with Gasteiger partial charge >= 0.3 is 0 Å². The van der Waals surface area contributed by atoms with Gasteiger partial charge in [0.1, 0.15) is 0 Å². The minimum atomic E-state index is 0.852. The van der Waals surface area contributed by atoms with Gasteiger partial charge in [-0.25, -0.2) is 5.01 Å². The lowest BCUT2D eigenvalue weighted by molar-refractivity contribution is 0.139. The number of hydrazine groups is 1. The zero-order valence-corrected chi connectivity index (χ0v) is 7.34. The Morgan fingerprint density at radius 2 is 1.80 bits per heavy atom. The van der Waals surface area contributed by atoms with E-state index in [1.165, 1.54) is 0 Å². The van der Waals surface area contributed by atoms with E-state index < -0.39 is 0 Å². The second-order valence-corrected chi connectivity index (χ2v) is 2.17. The molecule has 1 N–H and O–H groups in total. The van der Waals surface area contributed by atoms with Gasteiger partial charge in [-0.05, 0) is 0 Å². The normalized spacial score (nSPS) is 12.0. The summed E-state index contributed by atoms with van der Waals surface area (Å²) in [5, 5.41) is 6.83. The van der Waals surface area contributed by atoms with E-state index in [4.69, 9.17) is 0 Å². The molecule has 0 aliphatic heterocycles. The van der Waals surface area contributed by atoms with Crippen LogP contribution in [0.15, 0.2) is 4.99 Å². The summed E-state index contributed by atoms with van der Waals surface area (Å²) in [6.07, 6.45) is 0. The van der Waals surface area contributed by atoms with E-state index in [1.54, 1.807) is 7.05 Å². The molecule has 0 aromatic rings. The molecule has 0 bridgehead atoms. The van der Waals surface area contributed by atoms with Crippen LogP contribution in [0.2, 0.25) is 0 Å². The molecule has 0 unspecified atom stereocenters. The maximum absolute atomic E-state index is 4.02. The van der Waals surface area contributed by atoms with Gasteiger partial charge in [0.15, 0.2) is 0 Å². The molecule has 0 rings (SSSR count). The summed E-state index contributed by atoms with van der Waals surface area (Å²) in [5.41, 5.74) is 0. The first-order chi connectivity index (χ1) is 4.63. The van der Waals surface area contributed by atoms with Gasteiger partial charge in [0, 0.05) is 35.2 Å². The topological polar surface area (TPSA) is 30.9 Å². The van der Waals surface area contributed by atoms with Crippen LogP contribution >= 0.6 is 0 Å². The second kappa shape index (κ2) is 4.11. The Balaban J connectivity index is 4.03. The molecule has 0 aliphatic carbocycles. The zero-order valence-electron chi connectivity index (χ0n) is 7.34. The van der Waals surface area contributed by atoms with Crippen molar-refractivity contribution in [2.24, 2.45) is 4.99 Å². The van der Waals surface area contributed by atoms with E-state index in [0.717, 1.165) is 5.96 Å². The molecular weight excluding hydrogens is 128 g/mol. The van der Waals surface area contributed by atoms with Crippen LogP contribution in [0.1, 0.15) is 0 Å². The molecule has 0 amide bonds. The molecule has 10 heavy (non-hydrogen) atoms. The molecule has 4 nitrogen and oxygen atoms in total. The summed E-state index contributed by atoms with van der Waals surface area (Å²) in [5.74, 6) is 0.852. The van der Waals surface area contributed by atoms with Gasteiger partial charge in [-0.3, -0.25) is 10.0 Å². The fourth-order valence-electron chi connectivity index (χ4n) is 0.608. The van der Waals surface area contributed by atoms with Crippen molar-refractivity contribution in [1.29, 1.82) is 0 Å². The smallest absolute Gasteiger partial charge is 0.207 e. The van der Waals surface area contributed by atoms with Crippen LogP contribution in [0.3, 0.4) is 0 Å². The summed E-state index contributed by atoms with van der Waals surface area (Å²) >= 11 is 0. The van der Waals surface area contributed by atoms with Crippen molar-refractivity contribution < 1.29 is 0 Å². The molecule has 0 fully saturated rings. The number of nitrogens with zero attached hydrogens (tertiary/aromatic N) is 3. The molecule has 0 saturated heterocycles. The van der Waals surface area contributed by atoms with Crippen LogP contribution < -0.4 is 5.32 Å². The number of aliphatic imine (C=N–C) groups is 1. The zero-order chi connectivity index (χ0) is 8.15. The van der Waals surface area contributed by atoms with Crippen molar-refractivity contribution in [3.05, 3.63) is 0 Å². The average Bonchev–Trinajstić information content (AvgIpc) is 1.90. The van der Waals surface area contributed by atoms with Crippen molar-refractivity contribution in [2.45, 2.75) is 0 Å². The molecule has 0 aromatic heterocycles. The molecule has 60 valence electrons. The lowest BCUT2D eigenvalue weighted by Gasteiger charge is -2.26. The lowest BCUT2D eigenvalue weighted by atomic mass is 10.8. The molecule has 0 atom stereocenters. The van der Waals surface area contributed by atoms with E-state index in [0.29, 0.717) is 0 Å². The summed E-state index contributed by atoms with van der Waals surface area (Å²) in [4.78, 5) is 4.02. The third kappa shape index (κ3) is 2.23. The van der Waals surface area contributed by atoms with E-state index in [2.05, 4.69) is 10.3 Å². The summed E-state index contributed by atoms with van der Waals surface area (Å²) in [6, 6.07) is 0. The Hall–Kier alpha value is -0.770. The minimum Gasteiger partial charge on any atom is -0.358 e. The first-order valence-electron chi connectivity index (χ1n) is 3.19. The van der Waals surface area contributed by atoms with Crippen molar-refractivity contribution in [3.63, 3.8) is 0 Å². The van der Waals surface area contributed by atoms with E-state index in [9.17, 15) is 0 Å². The van der Waals surface area contributed by atoms with E-state index in [-0.39, 0.29) is 0 Å². The fourth-order valence-corrected chi connectivity index (χ4v) is 0.608. The number of rotatable bonds is 1. The Bertz CT molecular complexity index is 119. The van der Waals surface area contributed by atoms with Gasteiger partial charge in [0.25, 0.3) is 0 Å². The Kier molecular flexibility index (Phi) is 3.79. The van der Waals surface area contributed by atoms with Gasteiger partial charge in [-0.1, -0.05) is 0 Å². The summed E-state index contributed by atoms with van der Waals surface area (Å²) in [6.45, 7) is 0. The summed E-state index contributed by atoms with van der Waals surface area (Å²) in [7, 11) is 9.47. The highest BCUT2D eigenvalue weighted by molar-refractivity contribution is 5.78. The Morgan fingerprint density at radius 1 is 1.30 bits per heavy atom. The largest absolute Gasteiger partial charge is 0.358 e. The van der Waals surface area contributed by atoms with E-state index in [1.807, 2.05) is 38.2 Å². The quantitative estimate of drug-likeness (QED) is 0.308.